The number of amides is 1. The molecule has 0 radical (unpaired) electrons. The molecule has 0 aliphatic carbocycles. The van der Waals surface area contributed by atoms with E-state index in [0.29, 0.717) is 6.42 Å². The maximum absolute atomic E-state index is 12.1. The van der Waals surface area contributed by atoms with E-state index in [9.17, 15) is 18.7 Å². The molecule has 1 aliphatic rings. The van der Waals surface area contributed by atoms with Crippen LogP contribution in [0.1, 0.15) is 23.7 Å². The van der Waals surface area contributed by atoms with Gasteiger partial charge < -0.3 is 14.7 Å². The van der Waals surface area contributed by atoms with E-state index in [0.717, 1.165) is 0 Å². The van der Waals surface area contributed by atoms with E-state index in [1.807, 2.05) is 6.92 Å². The van der Waals surface area contributed by atoms with Gasteiger partial charge in [-0.3, -0.25) is 4.79 Å². The zero-order chi connectivity index (χ0) is 14.0. The number of alkyl halides is 2. The van der Waals surface area contributed by atoms with Crippen molar-refractivity contribution in [2.24, 2.45) is 0 Å². The molecule has 0 bridgehead atoms. The van der Waals surface area contributed by atoms with Crippen LogP contribution in [0.4, 0.5) is 8.78 Å². The van der Waals surface area contributed by atoms with E-state index in [2.05, 4.69) is 4.74 Å². The average molecular weight is 271 g/mol. The number of benzene rings is 1. The summed E-state index contributed by atoms with van der Waals surface area (Å²) in [5, 5.41) is 9.84. The first kappa shape index (κ1) is 13.7. The van der Waals surface area contributed by atoms with Gasteiger partial charge >= 0.3 is 6.61 Å². The predicted octanol–water partition coefficient (Wildman–Crippen LogP) is 1.88. The Morgan fingerprint density at radius 3 is 2.79 bits per heavy atom. The van der Waals surface area contributed by atoms with E-state index in [1.165, 1.54) is 29.2 Å². The number of likely N-dealkylation sites (tertiary alicyclic amines) is 1. The molecule has 1 aromatic rings. The van der Waals surface area contributed by atoms with E-state index in [-0.39, 0.29) is 30.3 Å². The Bertz CT molecular complexity index is 473. The maximum atomic E-state index is 12.1. The molecule has 0 unspecified atom stereocenters. The Morgan fingerprint density at radius 1 is 1.53 bits per heavy atom. The first-order valence-corrected chi connectivity index (χ1v) is 6.00. The lowest BCUT2D eigenvalue weighted by molar-refractivity contribution is -0.0826. The van der Waals surface area contributed by atoms with Gasteiger partial charge in [0, 0.05) is 5.56 Å². The van der Waals surface area contributed by atoms with Crippen LogP contribution in [-0.4, -0.2) is 41.2 Å². The van der Waals surface area contributed by atoms with Crippen molar-refractivity contribution in [2.45, 2.75) is 25.6 Å². The summed E-state index contributed by atoms with van der Waals surface area (Å²) in [5.74, 6) is -0.343. The third-order valence-corrected chi connectivity index (χ3v) is 3.22. The largest absolute Gasteiger partial charge is 0.435 e. The van der Waals surface area contributed by atoms with Crippen molar-refractivity contribution in [3.05, 3.63) is 29.8 Å². The molecule has 19 heavy (non-hydrogen) atoms. The van der Waals surface area contributed by atoms with Gasteiger partial charge in [0.05, 0.1) is 18.7 Å². The molecule has 1 heterocycles. The van der Waals surface area contributed by atoms with Crippen LogP contribution in [0.3, 0.4) is 0 Å². The fourth-order valence-electron chi connectivity index (χ4n) is 2.02. The quantitative estimate of drug-likeness (QED) is 0.909. The molecular formula is C13H15F2NO3. The Balaban J connectivity index is 2.04. The highest BCUT2D eigenvalue weighted by Crippen LogP contribution is 2.26. The van der Waals surface area contributed by atoms with E-state index < -0.39 is 12.2 Å². The molecule has 0 aromatic heterocycles. The highest BCUT2D eigenvalue weighted by atomic mass is 19.3. The maximum Gasteiger partial charge on any atom is 0.387 e. The summed E-state index contributed by atoms with van der Waals surface area (Å²) in [6.45, 7) is -0.539. The Labute approximate surface area is 109 Å². The van der Waals surface area contributed by atoms with Crippen molar-refractivity contribution in [3.63, 3.8) is 0 Å². The SMILES string of the molecule is CCC1(O)CN(C(=O)c2cccc(OC(F)F)c2)C1. The lowest BCUT2D eigenvalue weighted by Gasteiger charge is -2.46. The number of hydrogen-bond acceptors (Lipinski definition) is 3. The molecule has 0 saturated carbocycles. The number of hydrogen-bond donors (Lipinski definition) is 1. The third-order valence-electron chi connectivity index (χ3n) is 3.22. The zero-order valence-corrected chi connectivity index (χ0v) is 10.5. The molecular weight excluding hydrogens is 256 g/mol. The smallest absolute Gasteiger partial charge is 0.387 e. The fourth-order valence-corrected chi connectivity index (χ4v) is 2.02. The normalized spacial score (nSPS) is 17.2. The van der Waals surface area contributed by atoms with Crippen LogP contribution >= 0.6 is 0 Å². The van der Waals surface area contributed by atoms with Crippen molar-refractivity contribution < 1.29 is 23.4 Å². The van der Waals surface area contributed by atoms with Crippen LogP contribution in [0.2, 0.25) is 0 Å². The molecule has 0 atom stereocenters. The molecule has 1 fully saturated rings. The highest BCUT2D eigenvalue weighted by molar-refractivity contribution is 5.95. The minimum Gasteiger partial charge on any atom is -0.435 e. The first-order chi connectivity index (χ1) is 8.93. The van der Waals surface area contributed by atoms with Crippen molar-refractivity contribution in [1.82, 2.24) is 4.90 Å². The summed E-state index contributed by atoms with van der Waals surface area (Å²) in [4.78, 5) is 13.5. The molecule has 1 aliphatic heterocycles. The van der Waals surface area contributed by atoms with Gasteiger partial charge in [-0.2, -0.15) is 8.78 Å². The zero-order valence-electron chi connectivity index (χ0n) is 10.5. The molecule has 1 amide bonds. The number of rotatable bonds is 4. The van der Waals surface area contributed by atoms with Gasteiger partial charge in [-0.25, -0.2) is 0 Å². The van der Waals surface area contributed by atoms with E-state index in [1.54, 1.807) is 0 Å². The molecule has 104 valence electrons. The minimum atomic E-state index is -2.92. The van der Waals surface area contributed by atoms with Gasteiger partial charge in [-0.15, -0.1) is 0 Å². The monoisotopic (exact) mass is 271 g/mol. The molecule has 4 nitrogen and oxygen atoms in total. The van der Waals surface area contributed by atoms with Crippen molar-refractivity contribution in [2.75, 3.05) is 13.1 Å². The Kier molecular flexibility index (Phi) is 3.71. The van der Waals surface area contributed by atoms with Crippen LogP contribution in [0.5, 0.6) is 5.75 Å². The lowest BCUT2D eigenvalue weighted by Crippen LogP contribution is -2.63. The summed E-state index contributed by atoms with van der Waals surface area (Å²) < 4.78 is 28.4. The number of carbonyl (C=O) groups is 1. The van der Waals surface area contributed by atoms with Gasteiger partial charge in [0.1, 0.15) is 5.75 Å². The number of carbonyl (C=O) groups excluding carboxylic acids is 1. The van der Waals surface area contributed by atoms with E-state index >= 15 is 0 Å². The summed E-state index contributed by atoms with van der Waals surface area (Å²) >= 11 is 0. The van der Waals surface area contributed by atoms with Gasteiger partial charge in [0.15, 0.2) is 0 Å². The number of nitrogens with zero attached hydrogens (tertiary/aromatic N) is 1. The topological polar surface area (TPSA) is 49.8 Å². The predicted molar refractivity (Wildman–Crippen MR) is 64.2 cm³/mol. The van der Waals surface area contributed by atoms with Crippen LogP contribution in [0.15, 0.2) is 24.3 Å². The Hall–Kier alpha value is -1.69. The molecule has 1 N–H and O–H groups in total. The van der Waals surface area contributed by atoms with Gasteiger partial charge in [0.2, 0.25) is 0 Å². The molecule has 0 spiro atoms. The summed E-state index contributed by atoms with van der Waals surface area (Å²) in [6.07, 6.45) is 0.575. The van der Waals surface area contributed by atoms with Gasteiger partial charge in [0.25, 0.3) is 5.91 Å². The van der Waals surface area contributed by atoms with Crippen LogP contribution in [-0.2, 0) is 0 Å². The van der Waals surface area contributed by atoms with Gasteiger partial charge in [-0.05, 0) is 24.6 Å². The van der Waals surface area contributed by atoms with Crippen LogP contribution < -0.4 is 4.74 Å². The molecule has 2 rings (SSSR count). The average Bonchev–Trinajstić information content (AvgIpc) is 2.33. The molecule has 1 saturated heterocycles. The third kappa shape index (κ3) is 3.01. The highest BCUT2D eigenvalue weighted by Gasteiger charge is 2.42. The second-order valence-electron chi connectivity index (χ2n) is 4.65. The Morgan fingerprint density at radius 2 is 2.21 bits per heavy atom. The number of β-amino-alcohol motifs (C(OH)–C–C–N with tert-alkyl or cyclic N) is 1. The number of ether oxygens (including phenoxy) is 1. The van der Waals surface area contributed by atoms with Crippen molar-refractivity contribution in [1.29, 1.82) is 0 Å². The van der Waals surface area contributed by atoms with Crippen molar-refractivity contribution >= 4 is 5.91 Å². The summed E-state index contributed by atoms with van der Waals surface area (Å²) in [7, 11) is 0. The fraction of sp³-hybridized carbons (Fsp3) is 0.462. The standard InChI is InChI=1S/C13H15F2NO3/c1-2-13(18)7-16(8-13)11(17)9-4-3-5-10(6-9)19-12(14)15/h3-6,12,18H,2,7-8H2,1H3. The second-order valence-corrected chi connectivity index (χ2v) is 4.65. The van der Waals surface area contributed by atoms with Crippen LogP contribution in [0, 0.1) is 0 Å². The van der Waals surface area contributed by atoms with E-state index in [4.69, 9.17) is 0 Å². The lowest BCUT2D eigenvalue weighted by atomic mass is 9.90. The molecule has 6 heteroatoms. The summed E-state index contributed by atoms with van der Waals surface area (Å²) in [6, 6.07) is 5.65. The van der Waals surface area contributed by atoms with Gasteiger partial charge in [-0.1, -0.05) is 13.0 Å². The minimum absolute atomic E-state index is 0.0490. The second kappa shape index (κ2) is 5.13. The summed E-state index contributed by atoms with van der Waals surface area (Å²) in [5.41, 5.74) is -0.538. The first-order valence-electron chi connectivity index (χ1n) is 6.00. The van der Waals surface area contributed by atoms with Crippen LogP contribution in [0.25, 0.3) is 0 Å². The van der Waals surface area contributed by atoms with Crippen molar-refractivity contribution in [3.8, 4) is 5.75 Å². The number of aliphatic hydroxyl groups is 1. The molecule has 1 aromatic carbocycles. The number of halogens is 2.